The van der Waals surface area contributed by atoms with E-state index in [2.05, 4.69) is 23.8 Å². The van der Waals surface area contributed by atoms with Crippen LogP contribution < -0.4 is 4.72 Å². The third-order valence-electron chi connectivity index (χ3n) is 4.41. The van der Waals surface area contributed by atoms with Gasteiger partial charge in [0.2, 0.25) is 5.09 Å². The van der Waals surface area contributed by atoms with Crippen molar-refractivity contribution in [3.8, 4) is 0 Å². The number of unbranched alkanes of at least 4 members (excludes halogenated alkanes) is 1. The Kier molecular flexibility index (Phi) is 5.28. The zero-order valence-corrected chi connectivity index (χ0v) is 17.0. The lowest BCUT2D eigenvalue weighted by atomic mass is 10.0. The average Bonchev–Trinajstić information content (AvgIpc) is 3.18. The average molecular weight is 413 g/mol. The number of sulfonamides is 1. The summed E-state index contributed by atoms with van der Waals surface area (Å²) >= 11 is 1.65. The predicted molar refractivity (Wildman–Crippen MR) is 112 cm³/mol. The molecule has 7 heteroatoms. The van der Waals surface area contributed by atoms with E-state index in [-0.39, 0.29) is 5.09 Å². The van der Waals surface area contributed by atoms with Crippen molar-refractivity contribution in [3.05, 3.63) is 66.4 Å². The van der Waals surface area contributed by atoms with Gasteiger partial charge in [-0.3, -0.25) is 9.71 Å². The van der Waals surface area contributed by atoms with Crippen LogP contribution in [0, 0.1) is 0 Å². The standard InChI is InChI=1S/C21H20N2O3S2/c1-2-3-8-17-16-7-4-5-9-19(16)27-20-12-11-15(14-18(20)22-17)23-28(24,25)21-10-6-13-26-21/h4-7,9-14,23H,2-3,8H2,1H3. The van der Waals surface area contributed by atoms with Crippen LogP contribution in [-0.2, 0) is 10.0 Å². The first-order valence-electron chi connectivity index (χ1n) is 9.12. The van der Waals surface area contributed by atoms with Crippen LogP contribution in [0.4, 0.5) is 11.4 Å². The normalized spacial score (nSPS) is 13.2. The molecule has 28 heavy (non-hydrogen) atoms. The third kappa shape index (κ3) is 3.86. The van der Waals surface area contributed by atoms with E-state index in [1.807, 2.05) is 18.2 Å². The Morgan fingerprint density at radius 2 is 1.93 bits per heavy atom. The molecule has 1 aliphatic heterocycles. The summed E-state index contributed by atoms with van der Waals surface area (Å²) in [6.07, 6.45) is 4.36. The molecule has 5 nitrogen and oxygen atoms in total. The van der Waals surface area contributed by atoms with Gasteiger partial charge in [-0.15, -0.1) is 0 Å². The molecule has 0 amide bonds. The maximum Gasteiger partial charge on any atom is 0.295 e. The number of rotatable bonds is 6. The van der Waals surface area contributed by atoms with Crippen molar-refractivity contribution in [1.82, 2.24) is 0 Å². The maximum atomic E-state index is 12.4. The minimum absolute atomic E-state index is 0.114. The second-order valence-electron chi connectivity index (χ2n) is 6.48. The predicted octanol–water partition coefficient (Wildman–Crippen LogP) is 5.86. The molecule has 0 fully saturated rings. The van der Waals surface area contributed by atoms with Crippen molar-refractivity contribution in [1.29, 1.82) is 0 Å². The molecular weight excluding hydrogens is 392 g/mol. The van der Waals surface area contributed by atoms with Crippen LogP contribution in [0.5, 0.6) is 0 Å². The Morgan fingerprint density at radius 1 is 1.07 bits per heavy atom. The summed E-state index contributed by atoms with van der Waals surface area (Å²) in [7, 11) is -3.76. The lowest BCUT2D eigenvalue weighted by Crippen LogP contribution is -2.11. The minimum Gasteiger partial charge on any atom is -0.451 e. The second-order valence-corrected chi connectivity index (χ2v) is 9.18. The lowest BCUT2D eigenvalue weighted by Gasteiger charge is -2.09. The summed E-state index contributed by atoms with van der Waals surface area (Å²) in [5, 5.41) is -0.114. The van der Waals surface area contributed by atoms with Gasteiger partial charge >= 0.3 is 0 Å². The van der Waals surface area contributed by atoms with Crippen LogP contribution in [0.2, 0.25) is 0 Å². The van der Waals surface area contributed by atoms with Crippen molar-refractivity contribution in [2.45, 2.75) is 41.1 Å². The number of nitrogens with zero attached hydrogens (tertiary/aromatic N) is 1. The van der Waals surface area contributed by atoms with Crippen LogP contribution in [0.3, 0.4) is 0 Å². The highest BCUT2D eigenvalue weighted by Crippen LogP contribution is 2.42. The Balaban J connectivity index is 1.72. The molecule has 4 rings (SSSR count). The summed E-state index contributed by atoms with van der Waals surface area (Å²) in [4.78, 5) is 7.08. The summed E-state index contributed by atoms with van der Waals surface area (Å²) < 4.78 is 32.5. The molecule has 1 aliphatic rings. The smallest absolute Gasteiger partial charge is 0.295 e. The molecule has 1 N–H and O–H groups in total. The highest BCUT2D eigenvalue weighted by Gasteiger charge is 2.20. The van der Waals surface area contributed by atoms with Gasteiger partial charge < -0.3 is 4.42 Å². The quantitative estimate of drug-likeness (QED) is 0.551. The topological polar surface area (TPSA) is 71.7 Å². The molecule has 1 aromatic heterocycles. The fourth-order valence-electron chi connectivity index (χ4n) is 3.03. The summed E-state index contributed by atoms with van der Waals surface area (Å²) in [6, 6.07) is 16.7. The molecule has 2 aromatic carbocycles. The molecule has 0 bridgehead atoms. The zero-order valence-electron chi connectivity index (χ0n) is 15.4. The van der Waals surface area contributed by atoms with Crippen molar-refractivity contribution in [2.75, 3.05) is 4.72 Å². The molecule has 0 unspecified atom stereocenters. The molecule has 144 valence electrons. The molecule has 0 atom stereocenters. The van der Waals surface area contributed by atoms with Crippen molar-refractivity contribution in [2.24, 2.45) is 4.99 Å². The highest BCUT2D eigenvalue weighted by atomic mass is 32.2. The van der Waals surface area contributed by atoms with Crippen molar-refractivity contribution >= 4 is 38.9 Å². The fraction of sp³-hybridized carbons (Fsp3) is 0.190. The van der Waals surface area contributed by atoms with Gasteiger partial charge in [-0.05, 0) is 49.2 Å². The first-order chi connectivity index (χ1) is 13.6. The molecular formula is C21H20N2O3S2. The first-order valence-corrected chi connectivity index (χ1v) is 11.4. The molecule has 0 spiro atoms. The van der Waals surface area contributed by atoms with Crippen LogP contribution in [0.25, 0.3) is 0 Å². The van der Waals surface area contributed by atoms with Crippen LogP contribution in [0.15, 0.2) is 85.2 Å². The molecule has 0 aliphatic carbocycles. The number of hydrogen-bond acceptors (Lipinski definition) is 5. The number of aliphatic imine (C=N–C) groups is 1. The van der Waals surface area contributed by atoms with Gasteiger partial charge in [0, 0.05) is 21.1 Å². The van der Waals surface area contributed by atoms with E-state index in [1.54, 1.807) is 30.0 Å². The monoisotopic (exact) mass is 412 g/mol. The van der Waals surface area contributed by atoms with E-state index in [9.17, 15) is 8.42 Å². The Bertz CT molecular complexity index is 1120. The first kappa shape index (κ1) is 18.8. The Morgan fingerprint density at radius 3 is 2.71 bits per heavy atom. The number of anilines is 1. The number of benzene rings is 2. The van der Waals surface area contributed by atoms with Gasteiger partial charge in [0.25, 0.3) is 10.0 Å². The van der Waals surface area contributed by atoms with E-state index in [0.717, 1.165) is 41.1 Å². The summed E-state index contributed by atoms with van der Waals surface area (Å²) in [5.74, 6) is 0. The lowest BCUT2D eigenvalue weighted by molar-refractivity contribution is 0.452. The van der Waals surface area contributed by atoms with Gasteiger partial charge in [-0.2, -0.15) is 8.42 Å². The van der Waals surface area contributed by atoms with E-state index in [4.69, 9.17) is 9.41 Å². The van der Waals surface area contributed by atoms with Gasteiger partial charge in [0.1, 0.15) is 0 Å². The van der Waals surface area contributed by atoms with Gasteiger partial charge in [0.15, 0.2) is 0 Å². The van der Waals surface area contributed by atoms with E-state index < -0.39 is 10.0 Å². The van der Waals surface area contributed by atoms with E-state index in [1.165, 1.54) is 17.2 Å². The number of furan rings is 1. The largest absolute Gasteiger partial charge is 0.451 e. The van der Waals surface area contributed by atoms with Gasteiger partial charge in [0.05, 0.1) is 17.6 Å². The summed E-state index contributed by atoms with van der Waals surface area (Å²) in [5.41, 5.74) is 3.41. The van der Waals surface area contributed by atoms with Gasteiger partial charge in [-0.1, -0.05) is 43.3 Å². The zero-order chi connectivity index (χ0) is 19.6. The number of nitrogens with one attached hydrogen (secondary N) is 1. The van der Waals surface area contributed by atoms with Crippen molar-refractivity contribution < 1.29 is 12.8 Å². The SMILES string of the molecule is CCCCC1=Nc2cc(NS(=O)(=O)c3ccco3)ccc2Sc2ccccc21. The molecule has 0 radical (unpaired) electrons. The van der Waals surface area contributed by atoms with Crippen LogP contribution >= 0.6 is 11.8 Å². The number of hydrogen-bond donors (Lipinski definition) is 1. The molecule has 2 heterocycles. The minimum atomic E-state index is -3.76. The molecule has 0 saturated heterocycles. The number of fused-ring (bicyclic) bond motifs is 2. The van der Waals surface area contributed by atoms with E-state index >= 15 is 0 Å². The van der Waals surface area contributed by atoms with Crippen LogP contribution in [0.1, 0.15) is 31.7 Å². The fourth-order valence-corrected chi connectivity index (χ4v) is 5.03. The Labute approximate surface area is 168 Å². The van der Waals surface area contributed by atoms with Crippen molar-refractivity contribution in [3.63, 3.8) is 0 Å². The van der Waals surface area contributed by atoms with E-state index in [0.29, 0.717) is 5.69 Å². The summed E-state index contributed by atoms with van der Waals surface area (Å²) in [6.45, 7) is 2.16. The second kappa shape index (κ2) is 7.85. The molecule has 3 aromatic rings. The van der Waals surface area contributed by atoms with Crippen LogP contribution in [-0.4, -0.2) is 14.1 Å². The molecule has 0 saturated carbocycles. The third-order valence-corrected chi connectivity index (χ3v) is 6.82. The highest BCUT2D eigenvalue weighted by molar-refractivity contribution is 7.99. The Hall–Kier alpha value is -2.51. The maximum absolute atomic E-state index is 12.4. The van der Waals surface area contributed by atoms with Gasteiger partial charge in [-0.25, -0.2) is 0 Å².